The molecule has 3 aliphatic carbocycles. The predicted molar refractivity (Wildman–Crippen MR) is 188 cm³/mol. The Kier molecular flexibility index (Phi) is 8.98. The molecule has 12 heteroatoms. The number of hydrogen-bond acceptors (Lipinski definition) is 12. The van der Waals surface area contributed by atoms with Crippen LogP contribution >= 0.6 is 0 Å². The normalized spacial score (nSPS) is 38.1. The molecule has 5 aliphatic rings. The van der Waals surface area contributed by atoms with Gasteiger partial charge in [0, 0.05) is 31.1 Å². The van der Waals surface area contributed by atoms with E-state index in [1.54, 1.807) is 58.0 Å². The zero-order chi connectivity index (χ0) is 38.2. The average Bonchev–Trinajstić information content (AvgIpc) is 3.91. The van der Waals surface area contributed by atoms with E-state index in [4.69, 9.17) is 23.7 Å². The van der Waals surface area contributed by atoms with Crippen molar-refractivity contribution in [3.63, 3.8) is 0 Å². The molecule has 0 radical (unpaired) electrons. The first-order valence-corrected chi connectivity index (χ1v) is 18.2. The highest BCUT2D eigenvalue weighted by Crippen LogP contribution is 2.65. The molecule has 2 aromatic rings. The zero-order valence-electron chi connectivity index (χ0n) is 31.0. The van der Waals surface area contributed by atoms with Gasteiger partial charge in [-0.3, -0.25) is 24.5 Å². The predicted octanol–water partition coefficient (Wildman–Crippen LogP) is 4.19. The van der Waals surface area contributed by atoms with E-state index in [1.807, 2.05) is 37.3 Å². The fourth-order valence-electron chi connectivity index (χ4n) is 9.82. The second-order valence-corrected chi connectivity index (χ2v) is 16.1. The first kappa shape index (κ1) is 36.9. The highest BCUT2D eigenvalue weighted by molar-refractivity contribution is 5.95. The molecule has 2 saturated carbocycles. The molecule has 0 spiro atoms. The van der Waals surface area contributed by atoms with Gasteiger partial charge in [0.25, 0.3) is 0 Å². The molecule has 2 heterocycles. The van der Waals surface area contributed by atoms with Crippen molar-refractivity contribution in [3.8, 4) is 0 Å². The molecule has 11 atom stereocenters. The molecular weight excluding hydrogens is 682 g/mol. The standard InChI is InChI=1S/C41H47NO11/c1-21-18-28-40(20-49-28,53-24(4)44)33-35(52-36(46)26-16-12-9-13-17-26)41(48)19-27(51-37(47)31-30(42-31)25-14-10-8-11-15-25)22(2)29(38(41,5)6)32(50-23(3)43)34(45)39(21,33)7/h8-17,21,27-28,30-33,35,42,48H,18-20H2,1-7H3/t21-,27-,28+,30?,31?,32+,33-,35-,39+,40-,41+/m0/s1. The van der Waals surface area contributed by atoms with Crippen LogP contribution < -0.4 is 5.32 Å². The number of esters is 4. The summed E-state index contributed by atoms with van der Waals surface area (Å²) in [5.74, 6) is -4.90. The summed E-state index contributed by atoms with van der Waals surface area (Å²) in [5, 5.41) is 16.7. The lowest BCUT2D eigenvalue weighted by Crippen LogP contribution is -2.80. The van der Waals surface area contributed by atoms with Crippen molar-refractivity contribution in [1.82, 2.24) is 5.32 Å². The molecule has 2 N–H and O–H groups in total. The van der Waals surface area contributed by atoms with Crippen LogP contribution in [0.15, 0.2) is 71.8 Å². The van der Waals surface area contributed by atoms with Crippen molar-refractivity contribution in [2.45, 2.75) is 109 Å². The Morgan fingerprint density at radius 1 is 0.906 bits per heavy atom. The van der Waals surface area contributed by atoms with E-state index >= 15 is 4.79 Å². The van der Waals surface area contributed by atoms with Gasteiger partial charge in [-0.15, -0.1) is 0 Å². The summed E-state index contributed by atoms with van der Waals surface area (Å²) < 4.78 is 30.8. The van der Waals surface area contributed by atoms with E-state index in [2.05, 4.69) is 5.32 Å². The van der Waals surface area contributed by atoms with Gasteiger partial charge in [0.15, 0.2) is 17.5 Å². The maximum atomic E-state index is 15.5. The van der Waals surface area contributed by atoms with E-state index < -0.39 is 94.0 Å². The summed E-state index contributed by atoms with van der Waals surface area (Å²) in [6.07, 6.45) is -4.80. The molecular formula is C41H47NO11. The van der Waals surface area contributed by atoms with E-state index in [1.165, 1.54) is 13.8 Å². The molecule has 282 valence electrons. The maximum absolute atomic E-state index is 15.5. The summed E-state index contributed by atoms with van der Waals surface area (Å²) in [6.45, 7) is 11.0. The summed E-state index contributed by atoms with van der Waals surface area (Å²) >= 11 is 0. The van der Waals surface area contributed by atoms with Crippen LogP contribution in [0.2, 0.25) is 0 Å². The van der Waals surface area contributed by atoms with Crippen molar-refractivity contribution in [1.29, 1.82) is 0 Å². The third-order valence-electron chi connectivity index (χ3n) is 12.9. The van der Waals surface area contributed by atoms with Crippen LogP contribution in [0.3, 0.4) is 0 Å². The van der Waals surface area contributed by atoms with Crippen molar-refractivity contribution in [2.75, 3.05) is 6.61 Å². The zero-order valence-corrected chi connectivity index (χ0v) is 31.0. The molecule has 0 aromatic heterocycles. The largest absolute Gasteiger partial charge is 0.457 e. The summed E-state index contributed by atoms with van der Waals surface area (Å²) in [7, 11) is 0. The van der Waals surface area contributed by atoms with E-state index in [9.17, 15) is 24.3 Å². The number of benzene rings is 2. The molecule has 4 fully saturated rings. The number of carbonyl (C=O) groups is 5. The monoisotopic (exact) mass is 729 g/mol. The first-order chi connectivity index (χ1) is 25.0. The van der Waals surface area contributed by atoms with Gasteiger partial charge in [0.1, 0.15) is 30.0 Å². The second kappa shape index (κ2) is 12.9. The third kappa shape index (κ3) is 5.63. The smallest absolute Gasteiger partial charge is 0.338 e. The topological polar surface area (TPSA) is 174 Å². The fraction of sp³-hybridized carbons (Fsp3) is 0.537. The van der Waals surface area contributed by atoms with Crippen LogP contribution in [0.1, 0.15) is 83.3 Å². The molecule has 2 aliphatic heterocycles. The Labute approximate surface area is 308 Å². The van der Waals surface area contributed by atoms with Gasteiger partial charge in [0.2, 0.25) is 0 Å². The van der Waals surface area contributed by atoms with Gasteiger partial charge in [0.05, 0.1) is 24.1 Å². The number of Topliss-reactive ketones (excluding diaryl/α,β-unsaturated/α-hetero) is 1. The molecule has 2 saturated heterocycles. The van der Waals surface area contributed by atoms with E-state index in [0.717, 1.165) is 5.56 Å². The number of fused-ring (bicyclic) bond motifs is 5. The van der Waals surface area contributed by atoms with Crippen molar-refractivity contribution in [2.24, 2.45) is 22.7 Å². The summed E-state index contributed by atoms with van der Waals surface area (Å²) in [6, 6.07) is 16.8. The molecule has 2 unspecified atom stereocenters. The summed E-state index contributed by atoms with van der Waals surface area (Å²) in [5.41, 5.74) is -4.73. The fourth-order valence-corrected chi connectivity index (χ4v) is 9.82. The van der Waals surface area contributed by atoms with Crippen molar-refractivity contribution in [3.05, 3.63) is 82.9 Å². The Bertz CT molecular complexity index is 1880. The highest BCUT2D eigenvalue weighted by atomic mass is 16.6. The number of nitrogens with one attached hydrogen (secondary N) is 1. The number of ketones is 1. The SMILES string of the molecule is CC(=O)O[C@H]1C(=O)[C@@]2(C)[C@H]([C@H](OC(=O)c3ccccc3)[C@]3(O)C[C@H](OC(=O)C4NC4c4ccccc4)C(C)=C1C3(C)C)[C@]1(OC(C)=O)CO[C@@H]1C[C@@H]2C. The van der Waals surface area contributed by atoms with Gasteiger partial charge in [-0.2, -0.15) is 0 Å². The third-order valence-corrected chi connectivity index (χ3v) is 12.9. The lowest BCUT2D eigenvalue weighted by molar-refractivity contribution is -0.340. The van der Waals surface area contributed by atoms with Gasteiger partial charge >= 0.3 is 23.9 Å². The van der Waals surface area contributed by atoms with Crippen LogP contribution in [0, 0.1) is 22.7 Å². The second-order valence-electron chi connectivity index (χ2n) is 16.1. The number of rotatable bonds is 7. The lowest BCUT2D eigenvalue weighted by atomic mass is 9.43. The quantitative estimate of drug-likeness (QED) is 0.180. The first-order valence-electron chi connectivity index (χ1n) is 18.2. The molecule has 7 rings (SSSR count). The molecule has 53 heavy (non-hydrogen) atoms. The van der Waals surface area contributed by atoms with Crippen LogP contribution in [0.4, 0.5) is 0 Å². The van der Waals surface area contributed by atoms with Crippen LogP contribution in [0.25, 0.3) is 0 Å². The van der Waals surface area contributed by atoms with Crippen LogP contribution in [-0.4, -0.2) is 83.0 Å². The number of ether oxygens (including phenoxy) is 5. The number of carbonyl (C=O) groups excluding carboxylic acids is 5. The van der Waals surface area contributed by atoms with Crippen LogP contribution in [0.5, 0.6) is 0 Å². The van der Waals surface area contributed by atoms with Crippen molar-refractivity contribution >= 4 is 29.7 Å². The van der Waals surface area contributed by atoms with E-state index in [0.29, 0.717) is 12.0 Å². The summed E-state index contributed by atoms with van der Waals surface area (Å²) in [4.78, 5) is 69.2. The minimum atomic E-state index is -2.09. The highest BCUT2D eigenvalue weighted by Gasteiger charge is 2.77. The van der Waals surface area contributed by atoms with Gasteiger partial charge in [-0.1, -0.05) is 76.2 Å². The Hall–Kier alpha value is -4.39. The minimum absolute atomic E-state index is 0.125. The van der Waals surface area contributed by atoms with E-state index in [-0.39, 0.29) is 30.2 Å². The maximum Gasteiger partial charge on any atom is 0.338 e. The van der Waals surface area contributed by atoms with Gasteiger partial charge in [-0.05, 0) is 48.1 Å². The number of hydrogen-bond donors (Lipinski definition) is 2. The van der Waals surface area contributed by atoms with Crippen LogP contribution in [-0.2, 0) is 42.9 Å². The average molecular weight is 730 g/mol. The molecule has 12 nitrogen and oxygen atoms in total. The van der Waals surface area contributed by atoms with Gasteiger partial charge in [-0.25, -0.2) is 4.79 Å². The van der Waals surface area contributed by atoms with Crippen molar-refractivity contribution < 1.29 is 52.8 Å². The molecule has 2 bridgehead atoms. The lowest BCUT2D eigenvalue weighted by Gasteiger charge is -2.68. The minimum Gasteiger partial charge on any atom is -0.457 e. The Morgan fingerprint density at radius 3 is 2.13 bits per heavy atom. The number of aliphatic hydroxyl groups is 1. The molecule has 2 aromatic carbocycles. The van der Waals surface area contributed by atoms with Gasteiger partial charge < -0.3 is 28.8 Å². The Morgan fingerprint density at radius 2 is 1.55 bits per heavy atom. The molecule has 0 amide bonds. The Balaban J connectivity index is 1.42.